The topological polar surface area (TPSA) is 9.23 Å². The van der Waals surface area contributed by atoms with Crippen molar-refractivity contribution in [2.45, 2.75) is 52.6 Å². The van der Waals surface area contributed by atoms with Crippen molar-refractivity contribution in [1.82, 2.24) is 0 Å². The minimum Gasteiger partial charge on any atom is -0.377 e. The van der Waals surface area contributed by atoms with Crippen molar-refractivity contribution in [2.24, 2.45) is 5.92 Å². The van der Waals surface area contributed by atoms with Crippen molar-refractivity contribution < 1.29 is 4.74 Å². The molecule has 0 N–H and O–H groups in total. The van der Waals surface area contributed by atoms with Crippen LogP contribution in [0.5, 0.6) is 0 Å². The van der Waals surface area contributed by atoms with Gasteiger partial charge in [0.15, 0.2) is 0 Å². The highest BCUT2D eigenvalue weighted by Gasteiger charge is 1.99. The van der Waals surface area contributed by atoms with Crippen LogP contribution in [0.25, 0.3) is 0 Å². The van der Waals surface area contributed by atoms with Gasteiger partial charge in [0.25, 0.3) is 0 Å². The second-order valence-corrected chi connectivity index (χ2v) is 4.69. The SMILES string of the molecule is CCC[C@@H](C)CC=CC[C@H](C)OCCS. The fraction of sp³-hybridized carbons (Fsp3) is 0.846. The van der Waals surface area contributed by atoms with Gasteiger partial charge in [0.1, 0.15) is 0 Å². The Hall–Kier alpha value is 0.0500. The quantitative estimate of drug-likeness (QED) is 0.463. The van der Waals surface area contributed by atoms with E-state index in [-0.39, 0.29) is 0 Å². The van der Waals surface area contributed by atoms with Crippen LogP contribution in [-0.4, -0.2) is 18.5 Å². The van der Waals surface area contributed by atoms with Gasteiger partial charge in [-0.05, 0) is 25.7 Å². The summed E-state index contributed by atoms with van der Waals surface area (Å²) >= 11 is 4.11. The number of hydrogen-bond donors (Lipinski definition) is 1. The third-order valence-electron chi connectivity index (χ3n) is 2.45. The standard InChI is InChI=1S/C13H26OS/c1-4-7-12(2)8-5-6-9-13(3)14-10-11-15/h5-6,12-13,15H,4,7-11H2,1-3H3/t12-,13+/m1/s1. The van der Waals surface area contributed by atoms with Crippen LogP contribution >= 0.6 is 12.6 Å². The van der Waals surface area contributed by atoms with E-state index >= 15 is 0 Å². The van der Waals surface area contributed by atoms with Crippen LogP contribution in [-0.2, 0) is 4.74 Å². The van der Waals surface area contributed by atoms with Gasteiger partial charge in [-0.1, -0.05) is 38.8 Å². The van der Waals surface area contributed by atoms with Crippen LogP contribution in [0.15, 0.2) is 12.2 Å². The lowest BCUT2D eigenvalue weighted by molar-refractivity contribution is 0.0808. The highest BCUT2D eigenvalue weighted by atomic mass is 32.1. The van der Waals surface area contributed by atoms with Gasteiger partial charge in [-0.25, -0.2) is 0 Å². The molecule has 2 heteroatoms. The van der Waals surface area contributed by atoms with Crippen molar-refractivity contribution in [1.29, 1.82) is 0 Å². The number of rotatable bonds is 9. The molecule has 0 amide bonds. The molecule has 0 fully saturated rings. The molecule has 0 unspecified atom stereocenters. The minimum atomic E-state index is 0.329. The fourth-order valence-electron chi connectivity index (χ4n) is 1.55. The van der Waals surface area contributed by atoms with E-state index in [1.807, 2.05) is 0 Å². The first-order valence-electron chi connectivity index (χ1n) is 6.08. The van der Waals surface area contributed by atoms with E-state index in [2.05, 4.69) is 45.6 Å². The first kappa shape index (κ1) is 15.0. The second kappa shape index (κ2) is 10.6. The van der Waals surface area contributed by atoms with Crippen LogP contribution in [0.1, 0.15) is 46.5 Å². The van der Waals surface area contributed by atoms with E-state index in [4.69, 9.17) is 4.74 Å². The molecule has 0 saturated heterocycles. The van der Waals surface area contributed by atoms with Gasteiger partial charge in [0.05, 0.1) is 12.7 Å². The molecule has 0 aliphatic rings. The monoisotopic (exact) mass is 230 g/mol. The molecule has 0 aromatic rings. The Balaban J connectivity index is 3.44. The Labute approximate surface area is 101 Å². The Morgan fingerprint density at radius 1 is 1.20 bits per heavy atom. The zero-order chi connectivity index (χ0) is 11.5. The number of allylic oxidation sites excluding steroid dienone is 1. The summed E-state index contributed by atoms with van der Waals surface area (Å²) in [6, 6.07) is 0. The van der Waals surface area contributed by atoms with Gasteiger partial charge in [0, 0.05) is 5.75 Å². The third-order valence-corrected chi connectivity index (χ3v) is 2.63. The van der Waals surface area contributed by atoms with Crippen molar-refractivity contribution >= 4 is 12.6 Å². The third kappa shape index (κ3) is 10.3. The van der Waals surface area contributed by atoms with Gasteiger partial charge in [-0.2, -0.15) is 12.6 Å². The van der Waals surface area contributed by atoms with Gasteiger partial charge in [-0.3, -0.25) is 0 Å². The molecule has 0 spiro atoms. The Bertz CT molecular complexity index is 157. The Kier molecular flexibility index (Phi) is 10.6. The van der Waals surface area contributed by atoms with Gasteiger partial charge in [0.2, 0.25) is 0 Å². The number of thiol groups is 1. The molecule has 90 valence electrons. The molecule has 2 atom stereocenters. The van der Waals surface area contributed by atoms with E-state index in [1.54, 1.807) is 0 Å². The van der Waals surface area contributed by atoms with E-state index < -0.39 is 0 Å². The summed E-state index contributed by atoms with van der Waals surface area (Å²) in [5, 5.41) is 0. The summed E-state index contributed by atoms with van der Waals surface area (Å²) in [7, 11) is 0. The molecule has 0 rings (SSSR count). The summed E-state index contributed by atoms with van der Waals surface area (Å²) in [6.45, 7) is 7.43. The van der Waals surface area contributed by atoms with E-state index in [0.717, 1.165) is 24.7 Å². The molecule has 0 saturated carbocycles. The average molecular weight is 230 g/mol. The number of hydrogen-bond acceptors (Lipinski definition) is 2. The smallest absolute Gasteiger partial charge is 0.0581 e. The first-order valence-corrected chi connectivity index (χ1v) is 6.71. The summed E-state index contributed by atoms with van der Waals surface area (Å²) in [5.74, 6) is 1.63. The van der Waals surface area contributed by atoms with Crippen molar-refractivity contribution in [2.75, 3.05) is 12.4 Å². The molecule has 15 heavy (non-hydrogen) atoms. The maximum absolute atomic E-state index is 5.52. The Morgan fingerprint density at radius 2 is 1.87 bits per heavy atom. The molecule has 1 nitrogen and oxygen atoms in total. The highest BCUT2D eigenvalue weighted by molar-refractivity contribution is 7.80. The molecule has 0 aromatic heterocycles. The van der Waals surface area contributed by atoms with Crippen LogP contribution in [0, 0.1) is 5.92 Å². The maximum Gasteiger partial charge on any atom is 0.0581 e. The maximum atomic E-state index is 5.52. The Morgan fingerprint density at radius 3 is 2.47 bits per heavy atom. The normalized spacial score (nSPS) is 15.7. The highest BCUT2D eigenvalue weighted by Crippen LogP contribution is 2.10. The second-order valence-electron chi connectivity index (χ2n) is 4.24. The van der Waals surface area contributed by atoms with E-state index in [1.165, 1.54) is 19.3 Å². The molecule has 0 aliphatic carbocycles. The van der Waals surface area contributed by atoms with E-state index in [9.17, 15) is 0 Å². The van der Waals surface area contributed by atoms with Gasteiger partial charge >= 0.3 is 0 Å². The van der Waals surface area contributed by atoms with Crippen molar-refractivity contribution in [3.63, 3.8) is 0 Å². The molecule has 0 bridgehead atoms. The minimum absolute atomic E-state index is 0.329. The molecule has 0 heterocycles. The van der Waals surface area contributed by atoms with Crippen LogP contribution in [0.4, 0.5) is 0 Å². The predicted molar refractivity (Wildman–Crippen MR) is 71.7 cm³/mol. The van der Waals surface area contributed by atoms with Crippen LogP contribution in [0.3, 0.4) is 0 Å². The summed E-state index contributed by atoms with van der Waals surface area (Å²) in [6.07, 6.45) is 9.71. The largest absolute Gasteiger partial charge is 0.377 e. The van der Waals surface area contributed by atoms with Gasteiger partial charge < -0.3 is 4.74 Å². The molecular formula is C13H26OS. The average Bonchev–Trinajstić information content (AvgIpc) is 2.22. The molecule has 0 radical (unpaired) electrons. The van der Waals surface area contributed by atoms with Crippen LogP contribution in [0.2, 0.25) is 0 Å². The summed E-state index contributed by atoms with van der Waals surface area (Å²) in [5.41, 5.74) is 0. The first-order chi connectivity index (χ1) is 7.20. The van der Waals surface area contributed by atoms with Crippen LogP contribution < -0.4 is 0 Å². The van der Waals surface area contributed by atoms with Crippen molar-refractivity contribution in [3.05, 3.63) is 12.2 Å². The molecule has 0 aromatic carbocycles. The predicted octanol–water partition coefficient (Wildman–Crippen LogP) is 4.09. The molecular weight excluding hydrogens is 204 g/mol. The summed E-state index contributed by atoms with van der Waals surface area (Å²) in [4.78, 5) is 0. The zero-order valence-electron chi connectivity index (χ0n) is 10.4. The summed E-state index contributed by atoms with van der Waals surface area (Å²) < 4.78 is 5.52. The lowest BCUT2D eigenvalue weighted by atomic mass is 10.0. The lowest BCUT2D eigenvalue weighted by Gasteiger charge is -2.09. The molecule has 0 aliphatic heterocycles. The lowest BCUT2D eigenvalue weighted by Crippen LogP contribution is -2.08. The van der Waals surface area contributed by atoms with E-state index in [0.29, 0.717) is 6.10 Å². The van der Waals surface area contributed by atoms with Gasteiger partial charge in [-0.15, -0.1) is 0 Å². The van der Waals surface area contributed by atoms with Crippen molar-refractivity contribution in [3.8, 4) is 0 Å². The fourth-order valence-corrected chi connectivity index (χ4v) is 1.65. The number of ether oxygens (including phenoxy) is 1. The zero-order valence-corrected chi connectivity index (χ0v) is 11.3.